The largest absolute Gasteiger partial charge is 0.466 e. The van der Waals surface area contributed by atoms with Gasteiger partial charge in [0.2, 0.25) is 6.10 Å². The maximum atomic E-state index is 12.7. The SMILES string of the molecule is COC(=O)[C@H](/C=C/[C@@H](C)C1CCC2[C@@H](OC(=O)c3ccccc3)CCC[C@@]12C)OC(C)=O. The molecule has 1 aromatic rings. The lowest BCUT2D eigenvalue weighted by Gasteiger charge is -2.45. The van der Waals surface area contributed by atoms with Crippen molar-refractivity contribution in [1.82, 2.24) is 0 Å². The third-order valence-corrected chi connectivity index (χ3v) is 7.35. The van der Waals surface area contributed by atoms with Crippen LogP contribution in [0, 0.1) is 23.2 Å². The Morgan fingerprint density at radius 1 is 1.09 bits per heavy atom. The van der Waals surface area contributed by atoms with Crippen LogP contribution >= 0.6 is 0 Å². The zero-order valence-corrected chi connectivity index (χ0v) is 19.4. The lowest BCUT2D eigenvalue weighted by molar-refractivity contribution is -0.161. The van der Waals surface area contributed by atoms with E-state index in [2.05, 4.69) is 13.8 Å². The van der Waals surface area contributed by atoms with Crippen LogP contribution in [0.5, 0.6) is 0 Å². The van der Waals surface area contributed by atoms with Gasteiger partial charge in [0, 0.05) is 12.8 Å². The third-order valence-electron chi connectivity index (χ3n) is 7.35. The number of fused-ring (bicyclic) bond motifs is 1. The van der Waals surface area contributed by atoms with Crippen LogP contribution in [-0.4, -0.2) is 37.2 Å². The number of hydrogen-bond donors (Lipinski definition) is 0. The van der Waals surface area contributed by atoms with E-state index >= 15 is 0 Å². The first-order valence-corrected chi connectivity index (χ1v) is 11.5. The van der Waals surface area contributed by atoms with E-state index in [-0.39, 0.29) is 23.4 Å². The van der Waals surface area contributed by atoms with Gasteiger partial charge >= 0.3 is 17.9 Å². The summed E-state index contributed by atoms with van der Waals surface area (Å²) in [5, 5.41) is 0. The van der Waals surface area contributed by atoms with E-state index in [1.807, 2.05) is 24.3 Å². The average molecular weight is 443 g/mol. The van der Waals surface area contributed by atoms with Crippen molar-refractivity contribution in [2.75, 3.05) is 7.11 Å². The van der Waals surface area contributed by atoms with Crippen molar-refractivity contribution >= 4 is 17.9 Å². The highest BCUT2D eigenvalue weighted by Crippen LogP contribution is 2.58. The van der Waals surface area contributed by atoms with Crippen molar-refractivity contribution < 1.29 is 28.6 Å². The standard InChI is InChI=1S/C26H34O6/c1-17(12-15-23(25(29)30-4)31-18(2)27)20-13-14-21-22(11-8-16-26(20,21)3)32-24(28)19-9-6-5-7-10-19/h5-7,9-10,12,15,17,20-23H,8,11,13-14,16H2,1-4H3/b15-12+/t17-,20?,21?,22+,23+,26+/m1/s1. The molecule has 0 N–H and O–H groups in total. The Morgan fingerprint density at radius 2 is 1.81 bits per heavy atom. The molecule has 0 bridgehead atoms. The Labute approximate surface area is 190 Å². The van der Waals surface area contributed by atoms with Crippen molar-refractivity contribution in [2.45, 2.75) is 65.1 Å². The summed E-state index contributed by atoms with van der Waals surface area (Å²) in [5.41, 5.74) is 0.635. The minimum absolute atomic E-state index is 0.0475. The second-order valence-electron chi connectivity index (χ2n) is 9.30. The highest BCUT2D eigenvalue weighted by atomic mass is 16.6. The van der Waals surface area contributed by atoms with Crippen molar-refractivity contribution in [1.29, 1.82) is 0 Å². The van der Waals surface area contributed by atoms with Crippen LogP contribution in [0.25, 0.3) is 0 Å². The minimum Gasteiger partial charge on any atom is -0.466 e. The lowest BCUT2D eigenvalue weighted by Crippen LogP contribution is -2.43. The highest BCUT2D eigenvalue weighted by Gasteiger charge is 2.53. The first-order chi connectivity index (χ1) is 15.3. The van der Waals surface area contributed by atoms with Crippen LogP contribution in [0.15, 0.2) is 42.5 Å². The van der Waals surface area contributed by atoms with Crippen LogP contribution in [0.4, 0.5) is 0 Å². The van der Waals surface area contributed by atoms with Gasteiger partial charge in [-0.05, 0) is 67.6 Å². The van der Waals surface area contributed by atoms with Crippen molar-refractivity contribution in [2.24, 2.45) is 23.2 Å². The van der Waals surface area contributed by atoms with Gasteiger partial charge in [-0.2, -0.15) is 0 Å². The molecule has 0 saturated heterocycles. The summed E-state index contributed by atoms with van der Waals surface area (Å²) in [6, 6.07) is 9.15. The first kappa shape index (κ1) is 24.0. The third kappa shape index (κ3) is 5.22. The Bertz CT molecular complexity index is 847. The number of allylic oxidation sites excluding steroid dienone is 1. The van der Waals surface area contributed by atoms with Gasteiger partial charge in [-0.1, -0.05) is 38.1 Å². The van der Waals surface area contributed by atoms with Crippen molar-refractivity contribution in [3.05, 3.63) is 48.0 Å². The zero-order chi connectivity index (χ0) is 23.3. The second kappa shape index (κ2) is 10.3. The van der Waals surface area contributed by atoms with E-state index in [9.17, 15) is 14.4 Å². The number of carbonyl (C=O) groups is 3. The summed E-state index contributed by atoms with van der Waals surface area (Å²) in [6.45, 7) is 5.72. The molecule has 0 spiro atoms. The number of carbonyl (C=O) groups excluding carboxylic acids is 3. The summed E-state index contributed by atoms with van der Waals surface area (Å²) in [5.74, 6) is -0.493. The maximum absolute atomic E-state index is 12.7. The molecule has 0 aliphatic heterocycles. The summed E-state index contributed by atoms with van der Waals surface area (Å²) < 4.78 is 15.8. The molecule has 2 aliphatic carbocycles. The number of rotatable bonds is 7. The first-order valence-electron chi connectivity index (χ1n) is 11.5. The predicted molar refractivity (Wildman–Crippen MR) is 120 cm³/mol. The number of hydrogen-bond acceptors (Lipinski definition) is 6. The fourth-order valence-corrected chi connectivity index (χ4v) is 5.82. The molecule has 1 aromatic carbocycles. The number of ether oxygens (including phenoxy) is 3. The quantitative estimate of drug-likeness (QED) is 0.345. The molecule has 174 valence electrons. The molecule has 2 saturated carbocycles. The van der Waals surface area contributed by atoms with Crippen LogP contribution in [0.1, 0.15) is 63.2 Å². The summed E-state index contributed by atoms with van der Waals surface area (Å²) in [6.07, 6.45) is 7.52. The Morgan fingerprint density at radius 3 is 2.47 bits per heavy atom. The van der Waals surface area contributed by atoms with Gasteiger partial charge in [0.05, 0.1) is 12.7 Å². The molecule has 6 heteroatoms. The van der Waals surface area contributed by atoms with Crippen LogP contribution in [-0.2, 0) is 23.8 Å². The Hall–Kier alpha value is -2.63. The summed E-state index contributed by atoms with van der Waals surface area (Å²) >= 11 is 0. The monoisotopic (exact) mass is 442 g/mol. The number of methoxy groups -OCH3 is 1. The molecular weight excluding hydrogens is 408 g/mol. The molecule has 0 radical (unpaired) electrons. The molecule has 0 amide bonds. The van der Waals surface area contributed by atoms with Gasteiger partial charge in [0.15, 0.2) is 0 Å². The van der Waals surface area contributed by atoms with Gasteiger partial charge < -0.3 is 14.2 Å². The van der Waals surface area contributed by atoms with Crippen LogP contribution in [0.2, 0.25) is 0 Å². The molecule has 2 aliphatic rings. The van der Waals surface area contributed by atoms with Crippen LogP contribution in [0.3, 0.4) is 0 Å². The van der Waals surface area contributed by atoms with E-state index < -0.39 is 18.0 Å². The molecule has 2 unspecified atom stereocenters. The maximum Gasteiger partial charge on any atom is 0.351 e. The van der Waals surface area contributed by atoms with Gasteiger partial charge in [0.1, 0.15) is 6.10 Å². The van der Waals surface area contributed by atoms with E-state index in [0.717, 1.165) is 32.1 Å². The molecule has 6 nitrogen and oxygen atoms in total. The van der Waals surface area contributed by atoms with E-state index in [4.69, 9.17) is 14.2 Å². The summed E-state index contributed by atoms with van der Waals surface area (Å²) in [7, 11) is 1.28. The fourth-order valence-electron chi connectivity index (χ4n) is 5.82. The van der Waals surface area contributed by atoms with E-state index in [0.29, 0.717) is 17.4 Å². The van der Waals surface area contributed by atoms with Crippen molar-refractivity contribution in [3.63, 3.8) is 0 Å². The van der Waals surface area contributed by atoms with E-state index in [1.54, 1.807) is 18.2 Å². The molecular formula is C26H34O6. The Kier molecular flexibility index (Phi) is 7.75. The second-order valence-corrected chi connectivity index (χ2v) is 9.30. The molecule has 6 atom stereocenters. The molecule has 0 heterocycles. The average Bonchev–Trinajstić information content (AvgIpc) is 3.14. The molecule has 32 heavy (non-hydrogen) atoms. The topological polar surface area (TPSA) is 78.9 Å². The van der Waals surface area contributed by atoms with Crippen molar-refractivity contribution in [3.8, 4) is 0 Å². The van der Waals surface area contributed by atoms with Crippen LogP contribution < -0.4 is 0 Å². The smallest absolute Gasteiger partial charge is 0.351 e. The predicted octanol–water partition coefficient (Wildman–Crippen LogP) is 4.73. The molecule has 2 fully saturated rings. The number of esters is 3. The summed E-state index contributed by atoms with van der Waals surface area (Å²) in [4.78, 5) is 35.9. The van der Waals surface area contributed by atoms with Gasteiger partial charge in [-0.15, -0.1) is 0 Å². The zero-order valence-electron chi connectivity index (χ0n) is 19.4. The van der Waals surface area contributed by atoms with Gasteiger partial charge in [-0.25, -0.2) is 9.59 Å². The highest BCUT2D eigenvalue weighted by molar-refractivity contribution is 5.89. The van der Waals surface area contributed by atoms with Gasteiger partial charge in [0.25, 0.3) is 0 Å². The Balaban J connectivity index is 1.70. The van der Waals surface area contributed by atoms with E-state index in [1.165, 1.54) is 14.0 Å². The van der Waals surface area contributed by atoms with Gasteiger partial charge in [-0.3, -0.25) is 4.79 Å². The normalized spacial score (nSPS) is 29.1. The fraction of sp³-hybridized carbons (Fsp3) is 0.577. The lowest BCUT2D eigenvalue weighted by atomic mass is 9.62. The molecule has 3 rings (SSSR count). The number of benzene rings is 1. The minimum atomic E-state index is -1.03. The molecule has 0 aromatic heterocycles.